The molecule has 0 fully saturated rings. The number of benzene rings is 3. The minimum absolute atomic E-state index is 0.809. The molecule has 5 heterocycles. The van der Waals surface area contributed by atoms with Gasteiger partial charge in [-0.25, -0.2) is 4.98 Å². The highest BCUT2D eigenvalue weighted by molar-refractivity contribution is 6.22. The fourth-order valence-electron chi connectivity index (χ4n) is 4.96. The number of nitrogens with zero attached hydrogens (tertiary/aromatic N) is 3. The Balaban J connectivity index is 1.62. The SMILES string of the molecule is c1ccc2c(c1)oc1cc3oc4c(ccc5c6ncccc6c6nccn6c54)c3cc12. The van der Waals surface area contributed by atoms with Crippen molar-refractivity contribution in [3.05, 3.63) is 79.3 Å². The van der Waals surface area contributed by atoms with Crippen LogP contribution < -0.4 is 0 Å². The molecule has 5 heteroatoms. The maximum absolute atomic E-state index is 6.46. The first kappa shape index (κ1) is 15.5. The molecular weight excluding hydrogens is 386 g/mol. The lowest BCUT2D eigenvalue weighted by atomic mass is 10.1. The average molecular weight is 399 g/mol. The molecule has 0 saturated heterocycles. The van der Waals surface area contributed by atoms with Crippen molar-refractivity contribution in [1.29, 1.82) is 0 Å². The van der Waals surface area contributed by atoms with Gasteiger partial charge < -0.3 is 8.83 Å². The van der Waals surface area contributed by atoms with Crippen molar-refractivity contribution in [3.8, 4) is 0 Å². The van der Waals surface area contributed by atoms with Crippen LogP contribution in [0.3, 0.4) is 0 Å². The molecule has 3 aromatic carbocycles. The van der Waals surface area contributed by atoms with Crippen LogP contribution in [0.4, 0.5) is 0 Å². The normalized spacial score (nSPS) is 12.5. The highest BCUT2D eigenvalue weighted by atomic mass is 16.3. The fourth-order valence-corrected chi connectivity index (χ4v) is 4.96. The Morgan fingerprint density at radius 3 is 2.45 bits per heavy atom. The summed E-state index contributed by atoms with van der Waals surface area (Å²) in [4.78, 5) is 9.26. The van der Waals surface area contributed by atoms with E-state index in [1.54, 1.807) is 0 Å². The van der Waals surface area contributed by atoms with E-state index < -0.39 is 0 Å². The number of furan rings is 2. The smallest absolute Gasteiger partial charge is 0.160 e. The van der Waals surface area contributed by atoms with Gasteiger partial charge in [0, 0.05) is 57.0 Å². The Morgan fingerprint density at radius 2 is 1.45 bits per heavy atom. The van der Waals surface area contributed by atoms with Crippen LogP contribution in [0, 0.1) is 0 Å². The second kappa shape index (κ2) is 5.21. The van der Waals surface area contributed by atoms with Crippen molar-refractivity contribution in [2.24, 2.45) is 0 Å². The molecule has 31 heavy (non-hydrogen) atoms. The molecule has 8 aromatic rings. The highest BCUT2D eigenvalue weighted by Crippen LogP contribution is 2.40. The Labute approximate surface area is 174 Å². The lowest BCUT2D eigenvalue weighted by Gasteiger charge is -2.07. The van der Waals surface area contributed by atoms with Crippen LogP contribution in [0.1, 0.15) is 0 Å². The number of rotatable bonds is 0. The first-order chi connectivity index (χ1) is 15.4. The van der Waals surface area contributed by atoms with Gasteiger partial charge in [-0.2, -0.15) is 0 Å². The van der Waals surface area contributed by atoms with Gasteiger partial charge in [0.1, 0.15) is 27.9 Å². The van der Waals surface area contributed by atoms with E-state index in [4.69, 9.17) is 8.83 Å². The minimum atomic E-state index is 0.809. The third kappa shape index (κ3) is 1.82. The quantitative estimate of drug-likeness (QED) is 0.262. The molecule has 0 radical (unpaired) electrons. The first-order valence-electron chi connectivity index (χ1n) is 10.2. The third-order valence-corrected chi connectivity index (χ3v) is 6.30. The predicted octanol–water partition coefficient (Wildman–Crippen LogP) is 6.83. The van der Waals surface area contributed by atoms with Crippen molar-refractivity contribution in [2.75, 3.05) is 0 Å². The van der Waals surface area contributed by atoms with Gasteiger partial charge in [0.15, 0.2) is 5.58 Å². The van der Waals surface area contributed by atoms with Gasteiger partial charge in [0.05, 0.1) is 5.52 Å². The van der Waals surface area contributed by atoms with E-state index in [-0.39, 0.29) is 0 Å². The molecule has 5 aromatic heterocycles. The van der Waals surface area contributed by atoms with E-state index in [0.29, 0.717) is 0 Å². The van der Waals surface area contributed by atoms with Crippen LogP contribution in [0.25, 0.3) is 71.3 Å². The van der Waals surface area contributed by atoms with E-state index in [2.05, 4.69) is 44.7 Å². The van der Waals surface area contributed by atoms with E-state index in [1.165, 1.54) is 0 Å². The Morgan fingerprint density at radius 1 is 0.613 bits per heavy atom. The van der Waals surface area contributed by atoms with Crippen LogP contribution in [0.15, 0.2) is 88.1 Å². The summed E-state index contributed by atoms with van der Waals surface area (Å²) in [5, 5.41) is 6.42. The largest absolute Gasteiger partial charge is 0.456 e. The molecule has 0 N–H and O–H groups in total. The minimum Gasteiger partial charge on any atom is -0.456 e. The van der Waals surface area contributed by atoms with Gasteiger partial charge >= 0.3 is 0 Å². The third-order valence-electron chi connectivity index (χ3n) is 6.30. The van der Waals surface area contributed by atoms with Crippen molar-refractivity contribution >= 4 is 71.3 Å². The molecular formula is C26H13N3O2. The van der Waals surface area contributed by atoms with Crippen molar-refractivity contribution in [1.82, 2.24) is 14.4 Å². The van der Waals surface area contributed by atoms with Gasteiger partial charge in [-0.15, -0.1) is 0 Å². The molecule has 0 saturated carbocycles. The number of para-hydroxylation sites is 1. The van der Waals surface area contributed by atoms with Crippen LogP contribution in [0.2, 0.25) is 0 Å². The zero-order chi connectivity index (χ0) is 20.1. The summed E-state index contributed by atoms with van der Waals surface area (Å²) in [6.45, 7) is 0. The lowest BCUT2D eigenvalue weighted by molar-refractivity contribution is 0.657. The first-order valence-corrected chi connectivity index (χ1v) is 10.2. The van der Waals surface area contributed by atoms with Crippen molar-refractivity contribution in [3.63, 3.8) is 0 Å². The topological polar surface area (TPSA) is 56.5 Å². The number of imidazole rings is 1. The van der Waals surface area contributed by atoms with Crippen molar-refractivity contribution in [2.45, 2.75) is 0 Å². The monoisotopic (exact) mass is 399 g/mol. The standard InChI is InChI=1S/C26H13N3O2/c1-2-6-20-14(4-1)18-12-19-15-7-8-16-23-17(5-3-9-27-23)26-28-10-11-29(26)24(16)25(15)31-22(19)13-21(18)30-20/h1-13H. The number of hydrogen-bond acceptors (Lipinski definition) is 4. The molecule has 0 atom stereocenters. The summed E-state index contributed by atoms with van der Waals surface area (Å²) in [5.74, 6) is 0. The van der Waals surface area contributed by atoms with E-state index >= 15 is 0 Å². The number of aromatic nitrogens is 3. The maximum atomic E-state index is 6.46. The Kier molecular flexibility index (Phi) is 2.60. The zero-order valence-corrected chi connectivity index (χ0v) is 16.2. The number of pyridine rings is 2. The van der Waals surface area contributed by atoms with Gasteiger partial charge in [0.2, 0.25) is 0 Å². The summed E-state index contributed by atoms with van der Waals surface area (Å²) >= 11 is 0. The second-order valence-electron chi connectivity index (χ2n) is 7.90. The second-order valence-corrected chi connectivity index (χ2v) is 7.90. The van der Waals surface area contributed by atoms with Gasteiger partial charge in [0.25, 0.3) is 0 Å². The van der Waals surface area contributed by atoms with E-state index in [1.807, 2.05) is 48.9 Å². The molecule has 144 valence electrons. The highest BCUT2D eigenvalue weighted by Gasteiger charge is 2.18. The van der Waals surface area contributed by atoms with Crippen LogP contribution in [0.5, 0.6) is 0 Å². The average Bonchev–Trinajstić information content (AvgIpc) is 3.52. The van der Waals surface area contributed by atoms with Crippen LogP contribution >= 0.6 is 0 Å². The molecule has 0 spiro atoms. The van der Waals surface area contributed by atoms with E-state index in [9.17, 15) is 0 Å². The van der Waals surface area contributed by atoms with Crippen LogP contribution in [-0.4, -0.2) is 14.4 Å². The molecule has 0 unspecified atom stereocenters. The fraction of sp³-hybridized carbons (Fsp3) is 0. The summed E-state index contributed by atoms with van der Waals surface area (Å²) < 4.78 is 14.6. The number of fused-ring (bicyclic) bond motifs is 13. The molecule has 0 amide bonds. The summed E-state index contributed by atoms with van der Waals surface area (Å²) in [5.41, 5.74) is 6.15. The van der Waals surface area contributed by atoms with Crippen molar-refractivity contribution < 1.29 is 8.83 Å². The van der Waals surface area contributed by atoms with Gasteiger partial charge in [-0.1, -0.05) is 18.2 Å². The van der Waals surface area contributed by atoms with Gasteiger partial charge in [-0.05, 0) is 36.4 Å². The van der Waals surface area contributed by atoms with Gasteiger partial charge in [-0.3, -0.25) is 9.38 Å². The molecule has 5 nitrogen and oxygen atoms in total. The summed E-state index contributed by atoms with van der Waals surface area (Å²) in [7, 11) is 0. The molecule has 8 rings (SSSR count). The maximum Gasteiger partial charge on any atom is 0.160 e. The Hall–Kier alpha value is -4.38. The van der Waals surface area contributed by atoms with E-state index in [0.717, 1.165) is 71.3 Å². The summed E-state index contributed by atoms with van der Waals surface area (Å²) in [6.07, 6.45) is 5.63. The van der Waals surface area contributed by atoms with Crippen LogP contribution in [-0.2, 0) is 0 Å². The lowest BCUT2D eigenvalue weighted by Crippen LogP contribution is -1.92. The number of hydrogen-bond donors (Lipinski definition) is 0. The summed E-state index contributed by atoms with van der Waals surface area (Å²) in [6, 6.07) is 20.6. The predicted molar refractivity (Wildman–Crippen MR) is 123 cm³/mol. The zero-order valence-electron chi connectivity index (χ0n) is 16.2. The molecule has 0 aliphatic carbocycles. The molecule has 0 aliphatic heterocycles. The molecule has 0 aliphatic rings. The Bertz CT molecular complexity index is 2010. The molecule has 0 bridgehead atoms.